The van der Waals surface area contributed by atoms with E-state index in [1.165, 1.54) is 0 Å². The van der Waals surface area contributed by atoms with Gasteiger partial charge in [0.05, 0.1) is 5.66 Å². The Kier molecular flexibility index (Phi) is 3.95. The smallest absolute Gasteiger partial charge is 0.324 e. The monoisotopic (exact) mass is 194 g/mol. The van der Waals surface area contributed by atoms with Crippen molar-refractivity contribution < 1.29 is 14.4 Å². The highest BCUT2D eigenvalue weighted by atomic mass is 31.2. The molecule has 0 amide bonds. The van der Waals surface area contributed by atoms with E-state index in [9.17, 15) is 4.57 Å². The van der Waals surface area contributed by atoms with E-state index in [4.69, 9.17) is 9.79 Å². The van der Waals surface area contributed by atoms with Crippen molar-refractivity contribution in [3.63, 3.8) is 0 Å². The predicted molar refractivity (Wildman–Crippen MR) is 50.2 cm³/mol. The summed E-state index contributed by atoms with van der Waals surface area (Å²) >= 11 is 0. The van der Waals surface area contributed by atoms with Crippen LogP contribution in [0.4, 0.5) is 0 Å². The number of hydrogen-bond donors (Lipinski definition) is 2. The second-order valence-corrected chi connectivity index (χ2v) is 6.32. The quantitative estimate of drug-likeness (QED) is 0.678. The van der Waals surface area contributed by atoms with Crippen molar-refractivity contribution in [2.24, 2.45) is 5.41 Å². The van der Waals surface area contributed by atoms with Crippen molar-refractivity contribution in [3.05, 3.63) is 0 Å². The van der Waals surface area contributed by atoms with E-state index in [0.29, 0.717) is 12.8 Å². The van der Waals surface area contributed by atoms with Crippen LogP contribution in [-0.4, -0.2) is 15.4 Å². The van der Waals surface area contributed by atoms with Crippen molar-refractivity contribution in [1.29, 1.82) is 0 Å². The summed E-state index contributed by atoms with van der Waals surface area (Å²) < 4.78 is 10.9. The first kappa shape index (κ1) is 12.2. The molecule has 0 aromatic rings. The Morgan fingerprint density at radius 3 is 1.83 bits per heavy atom. The molecule has 0 spiro atoms. The summed E-state index contributed by atoms with van der Waals surface area (Å²) in [7, 11) is -3.87. The summed E-state index contributed by atoms with van der Waals surface area (Å²) in [5.74, 6) is 0. The zero-order valence-electron chi connectivity index (χ0n) is 8.24. The molecule has 0 bridgehead atoms. The molecule has 74 valence electrons. The molecule has 0 rings (SSSR count). The summed E-state index contributed by atoms with van der Waals surface area (Å²) in [6.07, 6.45) is 1.12. The molecule has 0 radical (unpaired) electrons. The Balaban J connectivity index is 4.30. The molecule has 0 aromatic heterocycles. The molecular weight excluding hydrogens is 175 g/mol. The second-order valence-electron chi connectivity index (χ2n) is 4.42. The molecule has 1 unspecified atom stereocenters. The summed E-state index contributed by atoms with van der Waals surface area (Å²) in [5, 5.41) is 0. The van der Waals surface area contributed by atoms with E-state index >= 15 is 0 Å². The maximum absolute atomic E-state index is 10.9. The van der Waals surface area contributed by atoms with Crippen LogP contribution in [0.5, 0.6) is 0 Å². The standard InChI is InChI=1S/C8H19O3P/c1-5-7(12(9,10)11)6-8(2,3)4/h7H,5-6H2,1-4H3,(H2,9,10,11). The van der Waals surface area contributed by atoms with Crippen LogP contribution in [0.2, 0.25) is 0 Å². The Morgan fingerprint density at radius 2 is 1.75 bits per heavy atom. The number of rotatable bonds is 3. The lowest BCUT2D eigenvalue weighted by molar-refractivity contribution is 0.309. The van der Waals surface area contributed by atoms with Crippen molar-refractivity contribution in [3.8, 4) is 0 Å². The third-order valence-corrected chi connectivity index (χ3v) is 3.29. The van der Waals surface area contributed by atoms with Crippen LogP contribution in [0.3, 0.4) is 0 Å². The fourth-order valence-electron chi connectivity index (χ4n) is 1.21. The van der Waals surface area contributed by atoms with E-state index in [1.807, 2.05) is 27.7 Å². The number of hydrogen-bond acceptors (Lipinski definition) is 1. The third-order valence-electron chi connectivity index (χ3n) is 1.79. The van der Waals surface area contributed by atoms with Gasteiger partial charge in [-0.2, -0.15) is 0 Å². The lowest BCUT2D eigenvalue weighted by Crippen LogP contribution is -2.17. The minimum atomic E-state index is -3.87. The van der Waals surface area contributed by atoms with Crippen LogP contribution >= 0.6 is 7.60 Å². The highest BCUT2D eigenvalue weighted by Gasteiger charge is 2.30. The molecule has 1 atom stereocenters. The van der Waals surface area contributed by atoms with E-state index < -0.39 is 13.3 Å². The molecule has 0 fully saturated rings. The maximum atomic E-state index is 10.9. The van der Waals surface area contributed by atoms with E-state index in [1.54, 1.807) is 0 Å². The van der Waals surface area contributed by atoms with Gasteiger partial charge in [-0.15, -0.1) is 0 Å². The second kappa shape index (κ2) is 3.91. The topological polar surface area (TPSA) is 57.5 Å². The Bertz CT molecular complexity index is 177. The molecule has 2 N–H and O–H groups in total. The first-order valence-electron chi connectivity index (χ1n) is 4.22. The molecular formula is C8H19O3P. The van der Waals surface area contributed by atoms with Gasteiger partial charge in [0.25, 0.3) is 0 Å². The van der Waals surface area contributed by atoms with Crippen LogP contribution < -0.4 is 0 Å². The van der Waals surface area contributed by atoms with E-state index in [0.717, 1.165) is 0 Å². The van der Waals surface area contributed by atoms with Gasteiger partial charge in [0.2, 0.25) is 0 Å². The van der Waals surface area contributed by atoms with Gasteiger partial charge >= 0.3 is 7.60 Å². The van der Waals surface area contributed by atoms with Gasteiger partial charge in [0, 0.05) is 0 Å². The van der Waals surface area contributed by atoms with Gasteiger partial charge in [-0.25, -0.2) is 0 Å². The molecule has 0 aliphatic heterocycles. The van der Waals surface area contributed by atoms with Crippen molar-refractivity contribution in [2.45, 2.75) is 46.2 Å². The van der Waals surface area contributed by atoms with E-state index in [-0.39, 0.29) is 5.41 Å². The molecule has 0 aliphatic rings. The van der Waals surface area contributed by atoms with Gasteiger partial charge in [-0.1, -0.05) is 27.7 Å². The van der Waals surface area contributed by atoms with Crippen molar-refractivity contribution >= 4 is 7.60 Å². The maximum Gasteiger partial charge on any atom is 0.328 e. The SMILES string of the molecule is CCC(CC(C)(C)C)P(=O)(O)O. The highest BCUT2D eigenvalue weighted by molar-refractivity contribution is 7.52. The predicted octanol–water partition coefficient (Wildman–Crippen LogP) is 2.38. The molecule has 0 aromatic carbocycles. The first-order chi connectivity index (χ1) is 5.17. The Hall–Kier alpha value is 0.150. The summed E-state index contributed by atoms with van der Waals surface area (Å²) in [6, 6.07) is 0. The van der Waals surface area contributed by atoms with Gasteiger partial charge in [-0.3, -0.25) is 4.57 Å². The van der Waals surface area contributed by atoms with Gasteiger partial charge in [-0.05, 0) is 18.3 Å². The van der Waals surface area contributed by atoms with Crippen LogP contribution in [0.15, 0.2) is 0 Å². The Morgan fingerprint density at radius 1 is 1.33 bits per heavy atom. The summed E-state index contributed by atoms with van der Waals surface area (Å²) in [5.41, 5.74) is -0.487. The molecule has 0 saturated carbocycles. The average molecular weight is 194 g/mol. The molecule has 3 nitrogen and oxygen atoms in total. The fraction of sp³-hybridized carbons (Fsp3) is 1.00. The van der Waals surface area contributed by atoms with Gasteiger partial charge < -0.3 is 9.79 Å². The van der Waals surface area contributed by atoms with Crippen LogP contribution in [0, 0.1) is 5.41 Å². The first-order valence-corrected chi connectivity index (χ1v) is 5.90. The minimum absolute atomic E-state index is 0.0121. The molecule has 12 heavy (non-hydrogen) atoms. The van der Waals surface area contributed by atoms with E-state index in [2.05, 4.69) is 0 Å². The van der Waals surface area contributed by atoms with Crippen LogP contribution in [0.25, 0.3) is 0 Å². The van der Waals surface area contributed by atoms with Gasteiger partial charge in [0.1, 0.15) is 0 Å². The molecule has 0 aliphatic carbocycles. The molecule has 0 heterocycles. The normalized spacial score (nSPS) is 16.2. The van der Waals surface area contributed by atoms with Crippen molar-refractivity contribution in [2.75, 3.05) is 0 Å². The Labute approximate surface area is 74.3 Å². The van der Waals surface area contributed by atoms with Gasteiger partial charge in [0.15, 0.2) is 0 Å². The summed E-state index contributed by atoms with van der Waals surface area (Å²) in [4.78, 5) is 17.9. The fourth-order valence-corrected chi connectivity index (χ4v) is 2.47. The zero-order chi connectivity index (χ0) is 9.99. The largest absolute Gasteiger partial charge is 0.328 e. The lowest BCUT2D eigenvalue weighted by atomic mass is 9.90. The minimum Gasteiger partial charge on any atom is -0.324 e. The summed E-state index contributed by atoms with van der Waals surface area (Å²) in [6.45, 7) is 7.79. The van der Waals surface area contributed by atoms with Crippen LogP contribution in [-0.2, 0) is 4.57 Å². The van der Waals surface area contributed by atoms with Crippen molar-refractivity contribution in [1.82, 2.24) is 0 Å². The zero-order valence-corrected chi connectivity index (χ0v) is 9.14. The highest BCUT2D eigenvalue weighted by Crippen LogP contribution is 2.47. The molecule has 4 heteroatoms. The third kappa shape index (κ3) is 4.91. The lowest BCUT2D eigenvalue weighted by Gasteiger charge is -2.25. The average Bonchev–Trinajstić information content (AvgIpc) is 1.78. The van der Waals surface area contributed by atoms with Crippen LogP contribution in [0.1, 0.15) is 40.5 Å². The molecule has 0 saturated heterocycles.